The number of likely N-dealkylation sites (tertiary alicyclic amines) is 1. The average molecular weight is 286 g/mol. The SMILES string of the molecule is CCn1cc(C(=O)OC2CCCCN2C)c2ccccc21. The fraction of sp³-hybridized carbons (Fsp3) is 0.471. The lowest BCUT2D eigenvalue weighted by Gasteiger charge is -2.31. The first-order chi connectivity index (χ1) is 10.2. The quantitative estimate of drug-likeness (QED) is 0.812. The topological polar surface area (TPSA) is 34.5 Å². The Balaban J connectivity index is 1.87. The van der Waals surface area contributed by atoms with Crippen LogP contribution in [0.2, 0.25) is 0 Å². The summed E-state index contributed by atoms with van der Waals surface area (Å²) in [5.74, 6) is -0.211. The number of para-hydroxylation sites is 1. The molecule has 0 aliphatic carbocycles. The van der Waals surface area contributed by atoms with Crippen molar-refractivity contribution in [2.75, 3.05) is 13.6 Å². The molecule has 1 fully saturated rings. The molecule has 1 aromatic carbocycles. The van der Waals surface area contributed by atoms with Crippen LogP contribution in [0.1, 0.15) is 36.5 Å². The van der Waals surface area contributed by atoms with Crippen LogP contribution in [0.3, 0.4) is 0 Å². The Kier molecular flexibility index (Phi) is 3.97. The van der Waals surface area contributed by atoms with Crippen molar-refractivity contribution in [2.24, 2.45) is 0 Å². The van der Waals surface area contributed by atoms with Crippen LogP contribution in [0.25, 0.3) is 10.9 Å². The minimum Gasteiger partial charge on any atom is -0.443 e. The van der Waals surface area contributed by atoms with E-state index in [1.165, 1.54) is 6.42 Å². The number of carbonyl (C=O) groups is 1. The summed E-state index contributed by atoms with van der Waals surface area (Å²) in [6.07, 6.45) is 5.05. The van der Waals surface area contributed by atoms with Crippen LogP contribution in [0.5, 0.6) is 0 Å². The molecule has 0 N–H and O–H groups in total. The van der Waals surface area contributed by atoms with Crippen molar-refractivity contribution in [2.45, 2.75) is 39.0 Å². The van der Waals surface area contributed by atoms with Crippen molar-refractivity contribution in [3.05, 3.63) is 36.0 Å². The zero-order chi connectivity index (χ0) is 14.8. The number of ether oxygens (including phenoxy) is 1. The summed E-state index contributed by atoms with van der Waals surface area (Å²) in [6, 6.07) is 8.00. The Hall–Kier alpha value is -1.81. The molecule has 1 aliphatic heterocycles. The van der Waals surface area contributed by atoms with Gasteiger partial charge in [-0.1, -0.05) is 18.2 Å². The Morgan fingerprint density at radius 2 is 2.14 bits per heavy atom. The van der Waals surface area contributed by atoms with Gasteiger partial charge in [0.1, 0.15) is 0 Å². The molecule has 1 aliphatic rings. The average Bonchev–Trinajstić information content (AvgIpc) is 2.88. The predicted octanol–water partition coefficient (Wildman–Crippen LogP) is 3.26. The van der Waals surface area contributed by atoms with Crippen molar-refractivity contribution >= 4 is 16.9 Å². The highest BCUT2D eigenvalue weighted by Crippen LogP contribution is 2.24. The van der Waals surface area contributed by atoms with E-state index in [1.54, 1.807) is 0 Å². The zero-order valence-electron chi connectivity index (χ0n) is 12.7. The smallest absolute Gasteiger partial charge is 0.341 e. The zero-order valence-corrected chi connectivity index (χ0v) is 12.7. The highest BCUT2D eigenvalue weighted by molar-refractivity contribution is 6.04. The molecule has 1 atom stereocenters. The lowest BCUT2D eigenvalue weighted by atomic mass is 10.1. The van der Waals surface area contributed by atoms with Crippen LogP contribution < -0.4 is 0 Å². The van der Waals surface area contributed by atoms with Crippen LogP contribution in [0, 0.1) is 0 Å². The summed E-state index contributed by atoms with van der Waals surface area (Å²) in [6.45, 7) is 3.92. The summed E-state index contributed by atoms with van der Waals surface area (Å²) in [7, 11) is 2.02. The van der Waals surface area contributed by atoms with Gasteiger partial charge in [-0.3, -0.25) is 4.90 Å². The molecule has 0 radical (unpaired) electrons. The highest BCUT2D eigenvalue weighted by Gasteiger charge is 2.24. The molecule has 1 aromatic heterocycles. The molecule has 2 heterocycles. The number of aromatic nitrogens is 1. The van der Waals surface area contributed by atoms with E-state index in [4.69, 9.17) is 4.74 Å². The van der Waals surface area contributed by atoms with Crippen molar-refractivity contribution in [1.82, 2.24) is 9.47 Å². The monoisotopic (exact) mass is 286 g/mol. The maximum atomic E-state index is 12.5. The third kappa shape index (κ3) is 2.68. The molecule has 2 aromatic rings. The van der Waals surface area contributed by atoms with Gasteiger partial charge in [-0.15, -0.1) is 0 Å². The molecule has 1 saturated heterocycles. The summed E-state index contributed by atoms with van der Waals surface area (Å²) in [5, 5.41) is 0.975. The van der Waals surface area contributed by atoms with E-state index < -0.39 is 0 Å². The van der Waals surface area contributed by atoms with Crippen LogP contribution >= 0.6 is 0 Å². The molecular formula is C17H22N2O2. The lowest BCUT2D eigenvalue weighted by molar-refractivity contribution is -0.0391. The first kappa shape index (κ1) is 14.1. The van der Waals surface area contributed by atoms with Crippen LogP contribution in [-0.4, -0.2) is 35.3 Å². The largest absolute Gasteiger partial charge is 0.443 e. The molecular weight excluding hydrogens is 264 g/mol. The molecule has 1 unspecified atom stereocenters. The fourth-order valence-corrected chi connectivity index (χ4v) is 3.05. The van der Waals surface area contributed by atoms with Crippen molar-refractivity contribution in [1.29, 1.82) is 0 Å². The lowest BCUT2D eigenvalue weighted by Crippen LogP contribution is -2.39. The number of aryl methyl sites for hydroxylation is 1. The van der Waals surface area contributed by atoms with Crippen LogP contribution in [0.4, 0.5) is 0 Å². The number of piperidine rings is 1. The van der Waals surface area contributed by atoms with E-state index in [0.717, 1.165) is 36.8 Å². The number of esters is 1. The van der Waals surface area contributed by atoms with Crippen LogP contribution in [-0.2, 0) is 11.3 Å². The molecule has 4 heteroatoms. The van der Waals surface area contributed by atoms with Gasteiger partial charge in [0, 0.05) is 30.2 Å². The van der Waals surface area contributed by atoms with Crippen molar-refractivity contribution < 1.29 is 9.53 Å². The van der Waals surface area contributed by atoms with Gasteiger partial charge in [-0.05, 0) is 39.3 Å². The van der Waals surface area contributed by atoms with Crippen LogP contribution in [0.15, 0.2) is 30.5 Å². The highest BCUT2D eigenvalue weighted by atomic mass is 16.6. The standard InChI is InChI=1S/C17H22N2O2/c1-3-19-12-14(13-8-4-5-9-15(13)19)17(20)21-16-10-6-7-11-18(16)2/h4-5,8-9,12,16H,3,6-7,10-11H2,1-2H3. The number of benzene rings is 1. The van der Waals surface area contributed by atoms with Gasteiger partial charge in [0.2, 0.25) is 0 Å². The second-order valence-corrected chi connectivity index (χ2v) is 5.68. The number of hydrogen-bond donors (Lipinski definition) is 0. The number of nitrogens with zero attached hydrogens (tertiary/aromatic N) is 2. The summed E-state index contributed by atoms with van der Waals surface area (Å²) in [5.41, 5.74) is 1.76. The minimum absolute atomic E-state index is 0.0880. The molecule has 112 valence electrons. The van der Waals surface area contributed by atoms with Crippen molar-refractivity contribution in [3.63, 3.8) is 0 Å². The molecule has 0 bridgehead atoms. The molecule has 0 spiro atoms. The first-order valence-corrected chi connectivity index (χ1v) is 7.70. The van der Waals surface area contributed by atoms with Gasteiger partial charge in [0.15, 0.2) is 6.23 Å². The second-order valence-electron chi connectivity index (χ2n) is 5.68. The molecule has 0 saturated carbocycles. The number of hydrogen-bond acceptors (Lipinski definition) is 3. The third-order valence-electron chi connectivity index (χ3n) is 4.30. The van der Waals surface area contributed by atoms with Gasteiger partial charge in [-0.2, -0.15) is 0 Å². The summed E-state index contributed by atoms with van der Waals surface area (Å²) in [4.78, 5) is 14.7. The van der Waals surface area contributed by atoms with E-state index in [0.29, 0.717) is 5.56 Å². The normalized spacial score (nSPS) is 19.8. The predicted molar refractivity (Wildman–Crippen MR) is 83.3 cm³/mol. The Labute approximate surface area is 125 Å². The van der Waals surface area contributed by atoms with E-state index >= 15 is 0 Å². The van der Waals surface area contributed by atoms with E-state index in [-0.39, 0.29) is 12.2 Å². The Bertz CT molecular complexity index is 647. The fourth-order valence-electron chi connectivity index (χ4n) is 3.05. The maximum Gasteiger partial charge on any atom is 0.341 e. The maximum absolute atomic E-state index is 12.5. The van der Waals surface area contributed by atoms with E-state index in [1.807, 2.05) is 37.5 Å². The van der Waals surface area contributed by atoms with Gasteiger partial charge < -0.3 is 9.30 Å². The Morgan fingerprint density at radius 3 is 2.90 bits per heavy atom. The van der Waals surface area contributed by atoms with E-state index in [2.05, 4.69) is 16.4 Å². The van der Waals surface area contributed by atoms with Crippen molar-refractivity contribution in [3.8, 4) is 0 Å². The molecule has 21 heavy (non-hydrogen) atoms. The first-order valence-electron chi connectivity index (χ1n) is 7.70. The third-order valence-corrected chi connectivity index (χ3v) is 4.30. The summed E-state index contributed by atoms with van der Waals surface area (Å²) < 4.78 is 7.82. The number of rotatable bonds is 3. The van der Waals surface area contributed by atoms with E-state index in [9.17, 15) is 4.79 Å². The number of carbonyl (C=O) groups excluding carboxylic acids is 1. The van der Waals surface area contributed by atoms with Gasteiger partial charge in [0.05, 0.1) is 5.56 Å². The van der Waals surface area contributed by atoms with Gasteiger partial charge in [0.25, 0.3) is 0 Å². The molecule has 0 amide bonds. The summed E-state index contributed by atoms with van der Waals surface area (Å²) >= 11 is 0. The Morgan fingerprint density at radius 1 is 1.33 bits per heavy atom. The molecule has 4 nitrogen and oxygen atoms in total. The van der Waals surface area contributed by atoms with Gasteiger partial charge in [-0.25, -0.2) is 4.79 Å². The van der Waals surface area contributed by atoms with Gasteiger partial charge >= 0.3 is 5.97 Å². The molecule has 3 rings (SSSR count). The number of fused-ring (bicyclic) bond motifs is 1. The second kappa shape index (κ2) is 5.90. The minimum atomic E-state index is -0.211.